The molecular weight excluding hydrogens is 261 g/mol. The zero-order chi connectivity index (χ0) is 14.4. The van der Waals surface area contributed by atoms with Crippen LogP contribution in [0.1, 0.15) is 25.8 Å². The predicted molar refractivity (Wildman–Crippen MR) is 83.2 cm³/mol. The third-order valence-electron chi connectivity index (χ3n) is 3.14. The molecule has 19 heavy (non-hydrogen) atoms. The zero-order valence-electron chi connectivity index (χ0n) is 11.7. The minimum Gasteiger partial charge on any atom is -0.389 e. The van der Waals surface area contributed by atoms with Gasteiger partial charge in [-0.25, -0.2) is 4.39 Å². The maximum absolute atomic E-state index is 13.6. The van der Waals surface area contributed by atoms with Gasteiger partial charge in [0, 0.05) is 18.3 Å². The summed E-state index contributed by atoms with van der Waals surface area (Å²) in [5, 5.41) is 3.20. The van der Waals surface area contributed by atoms with E-state index in [2.05, 4.69) is 31.1 Å². The summed E-state index contributed by atoms with van der Waals surface area (Å²) in [5.74, 6) is -0.378. The highest BCUT2D eigenvalue weighted by Crippen LogP contribution is 2.18. The smallest absolute Gasteiger partial charge is 0.135 e. The molecule has 1 rings (SSSR count). The van der Waals surface area contributed by atoms with Crippen molar-refractivity contribution >= 4 is 22.9 Å². The van der Waals surface area contributed by atoms with Gasteiger partial charge in [0.2, 0.25) is 0 Å². The number of hydrogen-bond acceptors (Lipinski definition) is 3. The fourth-order valence-electron chi connectivity index (χ4n) is 1.73. The van der Waals surface area contributed by atoms with E-state index in [4.69, 9.17) is 18.0 Å². The van der Waals surface area contributed by atoms with Gasteiger partial charge in [-0.2, -0.15) is 0 Å². The summed E-state index contributed by atoms with van der Waals surface area (Å²) in [6, 6.07) is 5.34. The van der Waals surface area contributed by atoms with E-state index in [0.29, 0.717) is 17.3 Å². The molecule has 0 spiro atoms. The third-order valence-corrected chi connectivity index (χ3v) is 3.35. The first-order chi connectivity index (χ1) is 8.93. The average molecular weight is 283 g/mol. The number of anilines is 1. The maximum atomic E-state index is 13.6. The molecule has 0 fully saturated rings. The Bertz CT molecular complexity index is 435. The largest absolute Gasteiger partial charge is 0.389 e. The second kappa shape index (κ2) is 7.40. The molecule has 0 saturated heterocycles. The van der Waals surface area contributed by atoms with E-state index in [0.717, 1.165) is 19.5 Å². The molecule has 0 radical (unpaired) electrons. The third kappa shape index (κ3) is 4.76. The van der Waals surface area contributed by atoms with E-state index < -0.39 is 0 Å². The quantitative estimate of drug-likeness (QED) is 0.596. The van der Waals surface area contributed by atoms with E-state index in [1.54, 1.807) is 12.1 Å². The van der Waals surface area contributed by atoms with E-state index in [1.165, 1.54) is 6.07 Å². The number of nitrogens with zero attached hydrogens (tertiary/aromatic N) is 1. The average Bonchev–Trinajstić information content (AvgIpc) is 2.33. The van der Waals surface area contributed by atoms with Crippen LogP contribution in [-0.4, -0.2) is 36.1 Å². The van der Waals surface area contributed by atoms with E-state index in [-0.39, 0.29) is 10.8 Å². The van der Waals surface area contributed by atoms with Gasteiger partial charge in [-0.15, -0.1) is 0 Å². The van der Waals surface area contributed by atoms with Crippen molar-refractivity contribution in [2.75, 3.05) is 25.5 Å². The summed E-state index contributed by atoms with van der Waals surface area (Å²) >= 11 is 4.88. The molecule has 0 atom stereocenters. The molecule has 0 aliphatic heterocycles. The molecule has 0 unspecified atom stereocenters. The lowest BCUT2D eigenvalue weighted by atomic mass is 10.1. The Kier molecular flexibility index (Phi) is 6.18. The van der Waals surface area contributed by atoms with Gasteiger partial charge in [0.15, 0.2) is 0 Å². The summed E-state index contributed by atoms with van der Waals surface area (Å²) in [4.78, 5) is 2.35. The number of halogens is 1. The predicted octanol–water partition coefficient (Wildman–Crippen LogP) is 2.60. The summed E-state index contributed by atoms with van der Waals surface area (Å²) in [6.07, 6.45) is 0.974. The van der Waals surface area contributed by atoms with Crippen molar-refractivity contribution in [2.24, 2.45) is 5.73 Å². The van der Waals surface area contributed by atoms with Crippen LogP contribution in [-0.2, 0) is 0 Å². The second-order valence-electron chi connectivity index (χ2n) is 4.88. The molecule has 0 aromatic heterocycles. The lowest BCUT2D eigenvalue weighted by molar-refractivity contribution is 0.273. The van der Waals surface area contributed by atoms with E-state index in [9.17, 15) is 4.39 Å². The van der Waals surface area contributed by atoms with Gasteiger partial charge in [-0.3, -0.25) is 0 Å². The van der Waals surface area contributed by atoms with Gasteiger partial charge >= 0.3 is 0 Å². The van der Waals surface area contributed by atoms with Crippen molar-refractivity contribution in [3.8, 4) is 0 Å². The number of rotatable bonds is 7. The van der Waals surface area contributed by atoms with Crippen LogP contribution in [0.4, 0.5) is 10.1 Å². The fourth-order valence-corrected chi connectivity index (χ4v) is 1.94. The molecule has 0 aliphatic rings. The standard InChI is InChI=1S/C14H22FN3S/c1-10(2)18(3)9-5-8-17-12-7-4-6-11(15)13(12)14(16)19/h4,6-7,10,17H,5,8-9H2,1-3H3,(H2,16,19). The van der Waals surface area contributed by atoms with Crippen LogP contribution < -0.4 is 11.1 Å². The number of hydrogen-bond donors (Lipinski definition) is 2. The number of benzene rings is 1. The van der Waals surface area contributed by atoms with Gasteiger partial charge in [0.25, 0.3) is 0 Å². The van der Waals surface area contributed by atoms with Crippen LogP contribution in [0.15, 0.2) is 18.2 Å². The van der Waals surface area contributed by atoms with Crippen LogP contribution in [0.2, 0.25) is 0 Å². The van der Waals surface area contributed by atoms with Gasteiger partial charge in [0.05, 0.1) is 5.56 Å². The number of nitrogens with two attached hydrogens (primary N) is 1. The molecule has 3 nitrogen and oxygen atoms in total. The lowest BCUT2D eigenvalue weighted by Crippen LogP contribution is -2.28. The van der Waals surface area contributed by atoms with Crippen molar-refractivity contribution in [1.82, 2.24) is 4.90 Å². The first-order valence-electron chi connectivity index (χ1n) is 6.46. The first-order valence-corrected chi connectivity index (χ1v) is 6.86. The van der Waals surface area contributed by atoms with Crippen molar-refractivity contribution < 1.29 is 4.39 Å². The Morgan fingerprint density at radius 2 is 2.16 bits per heavy atom. The topological polar surface area (TPSA) is 41.3 Å². The van der Waals surface area contributed by atoms with Crippen molar-refractivity contribution in [1.29, 1.82) is 0 Å². The number of nitrogens with one attached hydrogen (secondary N) is 1. The van der Waals surface area contributed by atoms with Gasteiger partial charge in [0.1, 0.15) is 10.8 Å². The molecule has 5 heteroatoms. The van der Waals surface area contributed by atoms with Gasteiger partial charge in [-0.1, -0.05) is 18.3 Å². The first kappa shape index (κ1) is 15.9. The van der Waals surface area contributed by atoms with E-state index in [1.807, 2.05) is 0 Å². The fraction of sp³-hybridized carbons (Fsp3) is 0.500. The van der Waals surface area contributed by atoms with Crippen LogP contribution in [0.3, 0.4) is 0 Å². The molecular formula is C14H22FN3S. The summed E-state index contributed by atoms with van der Waals surface area (Å²) in [6.45, 7) is 6.06. The minimum absolute atomic E-state index is 0.0832. The highest BCUT2D eigenvalue weighted by atomic mass is 32.1. The van der Waals surface area contributed by atoms with Crippen LogP contribution in [0.25, 0.3) is 0 Å². The second-order valence-corrected chi connectivity index (χ2v) is 5.32. The summed E-state index contributed by atoms with van der Waals surface area (Å²) in [5.41, 5.74) is 6.52. The molecule has 3 N–H and O–H groups in total. The van der Waals surface area contributed by atoms with Crippen molar-refractivity contribution in [3.63, 3.8) is 0 Å². The van der Waals surface area contributed by atoms with Crippen LogP contribution in [0, 0.1) is 5.82 Å². The lowest BCUT2D eigenvalue weighted by Gasteiger charge is -2.21. The Hall–Kier alpha value is -1.20. The molecule has 0 bridgehead atoms. The molecule has 106 valence electrons. The van der Waals surface area contributed by atoms with Crippen LogP contribution >= 0.6 is 12.2 Å². The van der Waals surface area contributed by atoms with Crippen molar-refractivity contribution in [3.05, 3.63) is 29.6 Å². The molecule has 1 aromatic rings. The number of thiocarbonyl (C=S) groups is 1. The summed E-state index contributed by atoms with van der Waals surface area (Å²) in [7, 11) is 2.09. The molecule has 0 saturated carbocycles. The SMILES string of the molecule is CC(C)N(C)CCCNc1cccc(F)c1C(N)=S. The van der Waals surface area contributed by atoms with Crippen molar-refractivity contribution in [2.45, 2.75) is 26.3 Å². The molecule has 1 aromatic carbocycles. The summed E-state index contributed by atoms with van der Waals surface area (Å²) < 4.78 is 13.6. The van der Waals surface area contributed by atoms with Crippen LogP contribution in [0.5, 0.6) is 0 Å². The zero-order valence-corrected chi connectivity index (χ0v) is 12.6. The Labute approximate surface area is 120 Å². The Morgan fingerprint density at radius 3 is 2.74 bits per heavy atom. The maximum Gasteiger partial charge on any atom is 0.135 e. The minimum atomic E-state index is -0.378. The molecule has 0 aliphatic carbocycles. The molecule has 0 heterocycles. The Morgan fingerprint density at radius 1 is 1.47 bits per heavy atom. The van der Waals surface area contributed by atoms with Gasteiger partial charge in [-0.05, 0) is 46.0 Å². The molecule has 0 amide bonds. The Balaban J connectivity index is 2.54. The highest BCUT2D eigenvalue weighted by Gasteiger charge is 2.10. The highest BCUT2D eigenvalue weighted by molar-refractivity contribution is 7.80. The van der Waals surface area contributed by atoms with E-state index >= 15 is 0 Å². The van der Waals surface area contributed by atoms with Gasteiger partial charge < -0.3 is 16.0 Å². The monoisotopic (exact) mass is 283 g/mol. The normalized spacial score (nSPS) is 11.1.